The zero-order chi connectivity index (χ0) is 15.2. The van der Waals surface area contributed by atoms with E-state index in [1.165, 1.54) is 0 Å². The van der Waals surface area contributed by atoms with Crippen molar-refractivity contribution in [2.24, 2.45) is 0 Å². The predicted molar refractivity (Wildman–Crippen MR) is 85.6 cm³/mol. The van der Waals surface area contributed by atoms with E-state index in [0.717, 1.165) is 27.9 Å². The molecule has 0 aliphatic heterocycles. The molecule has 2 rings (SSSR count). The van der Waals surface area contributed by atoms with Crippen LogP contribution in [0.25, 0.3) is 11.3 Å². The molecule has 1 aromatic heterocycles. The first-order chi connectivity index (χ1) is 10.2. The van der Waals surface area contributed by atoms with Crippen LogP contribution in [0.3, 0.4) is 0 Å². The fourth-order valence-corrected chi connectivity index (χ4v) is 2.80. The van der Waals surface area contributed by atoms with E-state index < -0.39 is 0 Å². The summed E-state index contributed by atoms with van der Waals surface area (Å²) in [6.07, 6.45) is 0. The number of anilines is 1. The fraction of sp³-hybridized carbons (Fsp3) is 0.400. The van der Waals surface area contributed by atoms with E-state index >= 15 is 0 Å². The van der Waals surface area contributed by atoms with Crippen LogP contribution in [0.4, 0.5) is 5.13 Å². The summed E-state index contributed by atoms with van der Waals surface area (Å²) in [5.74, 6) is 1.51. The zero-order valence-corrected chi connectivity index (χ0v) is 13.5. The van der Waals surface area contributed by atoms with Gasteiger partial charge in [-0.15, -0.1) is 11.3 Å². The average Bonchev–Trinajstić information content (AvgIpc) is 2.94. The number of thiazole rings is 1. The second-order valence-electron chi connectivity index (χ2n) is 4.60. The van der Waals surface area contributed by atoms with Gasteiger partial charge in [0.2, 0.25) is 0 Å². The van der Waals surface area contributed by atoms with Crippen LogP contribution >= 0.6 is 11.3 Å². The summed E-state index contributed by atoms with van der Waals surface area (Å²) in [5, 5.41) is 6.18. The summed E-state index contributed by atoms with van der Waals surface area (Å²) in [4.78, 5) is 4.60. The lowest BCUT2D eigenvalue weighted by Crippen LogP contribution is -2.20. The van der Waals surface area contributed by atoms with Crippen molar-refractivity contribution in [1.29, 1.82) is 0 Å². The van der Waals surface area contributed by atoms with E-state index in [-0.39, 0.29) is 6.04 Å². The maximum absolute atomic E-state index is 5.42. The Kier molecular flexibility index (Phi) is 5.41. The first-order valence-electron chi connectivity index (χ1n) is 6.61. The van der Waals surface area contributed by atoms with Gasteiger partial charge < -0.3 is 19.5 Å². The third-order valence-corrected chi connectivity index (χ3v) is 3.75. The molecule has 0 fully saturated rings. The monoisotopic (exact) mass is 308 g/mol. The molecule has 0 bridgehead atoms. The third kappa shape index (κ3) is 3.86. The Bertz CT molecular complexity index is 586. The Morgan fingerprint density at radius 3 is 2.71 bits per heavy atom. The lowest BCUT2D eigenvalue weighted by Gasteiger charge is -2.11. The first-order valence-corrected chi connectivity index (χ1v) is 7.49. The summed E-state index contributed by atoms with van der Waals surface area (Å²) in [5.41, 5.74) is 1.83. The van der Waals surface area contributed by atoms with Crippen LogP contribution in [0, 0.1) is 0 Å². The molecular weight excluding hydrogens is 288 g/mol. The summed E-state index contributed by atoms with van der Waals surface area (Å²) in [7, 11) is 4.97. The van der Waals surface area contributed by atoms with Crippen LogP contribution in [0.15, 0.2) is 23.6 Å². The van der Waals surface area contributed by atoms with Gasteiger partial charge in [0.15, 0.2) is 5.13 Å². The largest absolute Gasteiger partial charge is 0.497 e. The molecule has 0 unspecified atom stereocenters. The number of aromatic nitrogens is 1. The van der Waals surface area contributed by atoms with E-state index in [9.17, 15) is 0 Å². The number of nitrogens with one attached hydrogen (secondary N) is 1. The third-order valence-electron chi connectivity index (χ3n) is 2.98. The van der Waals surface area contributed by atoms with Crippen LogP contribution in [-0.2, 0) is 4.74 Å². The number of rotatable bonds is 7. The smallest absolute Gasteiger partial charge is 0.183 e. The molecule has 21 heavy (non-hydrogen) atoms. The molecule has 1 atom stereocenters. The van der Waals surface area contributed by atoms with Gasteiger partial charge in [-0.1, -0.05) is 0 Å². The molecule has 1 aromatic carbocycles. The highest BCUT2D eigenvalue weighted by Gasteiger charge is 2.12. The molecule has 5 nitrogen and oxygen atoms in total. The highest BCUT2D eigenvalue weighted by atomic mass is 32.1. The predicted octanol–water partition coefficient (Wildman–Crippen LogP) is 3.27. The second-order valence-corrected chi connectivity index (χ2v) is 5.46. The van der Waals surface area contributed by atoms with Gasteiger partial charge in [-0.25, -0.2) is 4.98 Å². The molecule has 6 heteroatoms. The molecule has 1 heterocycles. The quantitative estimate of drug-likeness (QED) is 0.850. The molecule has 0 amide bonds. The minimum Gasteiger partial charge on any atom is -0.497 e. The maximum Gasteiger partial charge on any atom is 0.183 e. The second kappa shape index (κ2) is 7.28. The standard InChI is InChI=1S/C15H20N2O3S/c1-10(8-18-2)16-15-17-13(9-21-15)12-6-5-11(19-3)7-14(12)20-4/h5-7,9-10H,8H2,1-4H3,(H,16,17)/t10-/m0/s1. The summed E-state index contributed by atoms with van der Waals surface area (Å²) in [6, 6.07) is 5.93. The average molecular weight is 308 g/mol. The molecule has 2 aromatic rings. The number of benzene rings is 1. The number of hydrogen-bond acceptors (Lipinski definition) is 6. The SMILES string of the molecule is COC[C@H](C)Nc1nc(-c2ccc(OC)cc2OC)cs1. The summed E-state index contributed by atoms with van der Waals surface area (Å²) >= 11 is 1.56. The number of nitrogens with zero attached hydrogens (tertiary/aromatic N) is 1. The molecule has 0 saturated heterocycles. The molecule has 114 valence electrons. The Hall–Kier alpha value is -1.79. The zero-order valence-electron chi connectivity index (χ0n) is 12.7. The van der Waals surface area contributed by atoms with Crippen molar-refractivity contribution in [3.05, 3.63) is 23.6 Å². The van der Waals surface area contributed by atoms with Gasteiger partial charge >= 0.3 is 0 Å². The molecule has 0 spiro atoms. The molecule has 0 aliphatic carbocycles. The van der Waals surface area contributed by atoms with Crippen molar-refractivity contribution in [2.45, 2.75) is 13.0 Å². The minimum absolute atomic E-state index is 0.215. The Labute approximate surface area is 128 Å². The number of methoxy groups -OCH3 is 3. The first kappa shape index (κ1) is 15.6. The Morgan fingerprint density at radius 2 is 2.05 bits per heavy atom. The van der Waals surface area contributed by atoms with E-state index in [0.29, 0.717) is 6.61 Å². The van der Waals surface area contributed by atoms with Crippen LogP contribution in [-0.4, -0.2) is 39.0 Å². The van der Waals surface area contributed by atoms with Crippen LogP contribution < -0.4 is 14.8 Å². The minimum atomic E-state index is 0.215. The van der Waals surface area contributed by atoms with Gasteiger partial charge in [-0.2, -0.15) is 0 Å². The van der Waals surface area contributed by atoms with Gasteiger partial charge in [0, 0.05) is 30.2 Å². The highest BCUT2D eigenvalue weighted by Crippen LogP contribution is 2.34. The maximum atomic E-state index is 5.42. The van der Waals surface area contributed by atoms with Gasteiger partial charge in [0.1, 0.15) is 11.5 Å². The van der Waals surface area contributed by atoms with Crippen LogP contribution in [0.5, 0.6) is 11.5 Å². The summed E-state index contributed by atoms with van der Waals surface area (Å²) < 4.78 is 15.7. The van der Waals surface area contributed by atoms with E-state index in [4.69, 9.17) is 14.2 Å². The van der Waals surface area contributed by atoms with Gasteiger partial charge in [0.05, 0.1) is 26.5 Å². The molecule has 0 saturated carbocycles. The van der Waals surface area contributed by atoms with Crippen molar-refractivity contribution in [1.82, 2.24) is 4.98 Å². The lowest BCUT2D eigenvalue weighted by atomic mass is 10.1. The number of hydrogen-bond donors (Lipinski definition) is 1. The van der Waals surface area contributed by atoms with Crippen molar-refractivity contribution in [3.8, 4) is 22.8 Å². The van der Waals surface area contributed by atoms with Crippen LogP contribution in [0.1, 0.15) is 6.92 Å². The van der Waals surface area contributed by atoms with E-state index in [2.05, 4.69) is 17.2 Å². The highest BCUT2D eigenvalue weighted by molar-refractivity contribution is 7.14. The van der Waals surface area contributed by atoms with Gasteiger partial charge in [-0.05, 0) is 19.1 Å². The van der Waals surface area contributed by atoms with Gasteiger partial charge in [0.25, 0.3) is 0 Å². The molecular formula is C15H20N2O3S. The lowest BCUT2D eigenvalue weighted by molar-refractivity contribution is 0.190. The Morgan fingerprint density at radius 1 is 1.24 bits per heavy atom. The topological polar surface area (TPSA) is 52.6 Å². The number of ether oxygens (including phenoxy) is 3. The molecule has 1 N–H and O–H groups in total. The van der Waals surface area contributed by atoms with E-state index in [1.807, 2.05) is 23.6 Å². The van der Waals surface area contributed by atoms with Crippen molar-refractivity contribution >= 4 is 16.5 Å². The van der Waals surface area contributed by atoms with Crippen molar-refractivity contribution < 1.29 is 14.2 Å². The van der Waals surface area contributed by atoms with Crippen molar-refractivity contribution in [3.63, 3.8) is 0 Å². The van der Waals surface area contributed by atoms with Gasteiger partial charge in [-0.3, -0.25) is 0 Å². The van der Waals surface area contributed by atoms with E-state index in [1.54, 1.807) is 32.7 Å². The Balaban J connectivity index is 2.21. The molecule has 0 aliphatic rings. The fourth-order valence-electron chi connectivity index (χ4n) is 1.98. The summed E-state index contributed by atoms with van der Waals surface area (Å²) in [6.45, 7) is 2.69. The van der Waals surface area contributed by atoms with Crippen molar-refractivity contribution in [2.75, 3.05) is 33.3 Å². The van der Waals surface area contributed by atoms with Crippen LogP contribution in [0.2, 0.25) is 0 Å². The molecule has 0 radical (unpaired) electrons. The normalized spacial score (nSPS) is 12.0.